The fourth-order valence-corrected chi connectivity index (χ4v) is 3.55. The van der Waals surface area contributed by atoms with E-state index in [2.05, 4.69) is 5.16 Å². The quantitative estimate of drug-likeness (QED) is 0.881. The molecule has 1 aliphatic heterocycles. The van der Waals surface area contributed by atoms with Crippen molar-refractivity contribution >= 4 is 22.8 Å². The lowest BCUT2D eigenvalue weighted by Gasteiger charge is -2.32. The predicted molar refractivity (Wildman–Crippen MR) is 93.1 cm³/mol. The molecule has 0 bridgehead atoms. The third kappa shape index (κ3) is 3.71. The standard InChI is InChI=1S/C19H23FN2O4/c1-11(2)15(19(24)25)10-17(23)22-7-5-12(6-8-22)18-14-4-3-13(20)9-16(14)26-21-18/h3-4,9,11-12,15H,5-8,10H2,1-2H3,(H,24,25)/t15-/m0/s1. The minimum atomic E-state index is -0.926. The normalized spacial score (nSPS) is 17.0. The Balaban J connectivity index is 1.63. The maximum atomic E-state index is 13.3. The second-order valence-electron chi connectivity index (χ2n) is 7.26. The fourth-order valence-electron chi connectivity index (χ4n) is 3.55. The van der Waals surface area contributed by atoms with Gasteiger partial charge in [0.1, 0.15) is 5.82 Å². The smallest absolute Gasteiger partial charge is 0.307 e. The molecule has 0 aliphatic carbocycles. The zero-order valence-corrected chi connectivity index (χ0v) is 14.9. The number of aromatic nitrogens is 1. The van der Waals surface area contributed by atoms with Gasteiger partial charge in [-0.1, -0.05) is 19.0 Å². The van der Waals surface area contributed by atoms with Gasteiger partial charge in [0.25, 0.3) is 0 Å². The number of halogens is 1. The molecule has 1 aromatic heterocycles. The average molecular weight is 362 g/mol. The zero-order valence-electron chi connectivity index (χ0n) is 14.9. The molecule has 1 fully saturated rings. The lowest BCUT2D eigenvalue weighted by molar-refractivity contribution is -0.148. The SMILES string of the molecule is CC(C)[C@H](CC(=O)N1CCC(c2noc3cc(F)ccc23)CC1)C(=O)O. The maximum absolute atomic E-state index is 13.3. The largest absolute Gasteiger partial charge is 0.481 e. The van der Waals surface area contributed by atoms with Crippen molar-refractivity contribution < 1.29 is 23.6 Å². The Bertz CT molecular complexity index is 809. The van der Waals surface area contributed by atoms with E-state index in [0.29, 0.717) is 18.7 Å². The number of carboxylic acids is 1. The molecule has 0 radical (unpaired) electrons. The molecule has 1 atom stereocenters. The highest BCUT2D eigenvalue weighted by Crippen LogP contribution is 2.33. The molecule has 26 heavy (non-hydrogen) atoms. The molecular weight excluding hydrogens is 339 g/mol. The minimum absolute atomic E-state index is 0.0316. The Kier molecular flexibility index (Phi) is 5.25. The van der Waals surface area contributed by atoms with E-state index in [4.69, 9.17) is 4.52 Å². The highest BCUT2D eigenvalue weighted by Gasteiger charge is 2.31. The monoisotopic (exact) mass is 362 g/mol. The first-order valence-electron chi connectivity index (χ1n) is 8.92. The lowest BCUT2D eigenvalue weighted by atomic mass is 9.89. The molecule has 3 rings (SSSR count). The van der Waals surface area contributed by atoms with Crippen LogP contribution in [0.15, 0.2) is 22.7 Å². The van der Waals surface area contributed by atoms with Crippen LogP contribution in [-0.2, 0) is 9.59 Å². The van der Waals surface area contributed by atoms with Crippen LogP contribution in [0.4, 0.5) is 4.39 Å². The van der Waals surface area contributed by atoms with Crippen molar-refractivity contribution in [2.24, 2.45) is 11.8 Å². The second kappa shape index (κ2) is 7.43. The summed E-state index contributed by atoms with van der Waals surface area (Å²) in [4.78, 5) is 25.5. The Morgan fingerprint density at radius 3 is 2.65 bits per heavy atom. The molecule has 0 saturated carbocycles. The van der Waals surface area contributed by atoms with Gasteiger partial charge in [-0.3, -0.25) is 9.59 Å². The van der Waals surface area contributed by atoms with Crippen molar-refractivity contribution in [3.05, 3.63) is 29.7 Å². The van der Waals surface area contributed by atoms with E-state index in [1.54, 1.807) is 11.0 Å². The van der Waals surface area contributed by atoms with E-state index in [1.807, 2.05) is 13.8 Å². The number of amides is 1. The summed E-state index contributed by atoms with van der Waals surface area (Å²) in [6.07, 6.45) is 1.48. The van der Waals surface area contributed by atoms with Crippen LogP contribution in [0.1, 0.15) is 44.7 Å². The first-order valence-corrected chi connectivity index (χ1v) is 8.92. The number of likely N-dealkylation sites (tertiary alicyclic amines) is 1. The molecule has 1 aromatic carbocycles. The van der Waals surface area contributed by atoms with Crippen molar-refractivity contribution in [1.29, 1.82) is 0 Å². The van der Waals surface area contributed by atoms with Gasteiger partial charge in [-0.05, 0) is 30.9 Å². The summed E-state index contributed by atoms with van der Waals surface area (Å²) in [5.41, 5.74) is 1.23. The first-order chi connectivity index (χ1) is 12.4. The fraction of sp³-hybridized carbons (Fsp3) is 0.526. The van der Waals surface area contributed by atoms with E-state index < -0.39 is 11.9 Å². The summed E-state index contributed by atoms with van der Waals surface area (Å²) in [5, 5.41) is 14.2. The topological polar surface area (TPSA) is 83.6 Å². The summed E-state index contributed by atoms with van der Waals surface area (Å²) in [5.74, 6) is -2.00. The summed E-state index contributed by atoms with van der Waals surface area (Å²) in [6.45, 7) is 4.75. The van der Waals surface area contributed by atoms with Crippen molar-refractivity contribution in [1.82, 2.24) is 10.1 Å². The van der Waals surface area contributed by atoms with Gasteiger partial charge in [0.2, 0.25) is 5.91 Å². The average Bonchev–Trinajstić information content (AvgIpc) is 3.01. The van der Waals surface area contributed by atoms with Crippen LogP contribution < -0.4 is 0 Å². The predicted octanol–water partition coefficient (Wildman–Crippen LogP) is 3.42. The number of fused-ring (bicyclic) bond motifs is 1. The van der Waals surface area contributed by atoms with Gasteiger partial charge in [-0.15, -0.1) is 0 Å². The number of carboxylic acid groups (broad SMARTS) is 1. The molecule has 0 spiro atoms. The number of hydrogen-bond donors (Lipinski definition) is 1. The number of carbonyl (C=O) groups excluding carboxylic acids is 1. The van der Waals surface area contributed by atoms with Crippen LogP contribution in [0.3, 0.4) is 0 Å². The van der Waals surface area contributed by atoms with Gasteiger partial charge >= 0.3 is 5.97 Å². The van der Waals surface area contributed by atoms with Crippen LogP contribution >= 0.6 is 0 Å². The van der Waals surface area contributed by atoms with Crippen LogP contribution in [0, 0.1) is 17.7 Å². The maximum Gasteiger partial charge on any atom is 0.307 e. The Hall–Kier alpha value is -2.44. The van der Waals surface area contributed by atoms with E-state index >= 15 is 0 Å². The summed E-state index contributed by atoms with van der Waals surface area (Å²) >= 11 is 0. The van der Waals surface area contributed by atoms with Crippen molar-refractivity contribution in [2.75, 3.05) is 13.1 Å². The molecule has 0 unspecified atom stereocenters. The Morgan fingerprint density at radius 1 is 1.35 bits per heavy atom. The van der Waals surface area contributed by atoms with E-state index in [9.17, 15) is 19.1 Å². The first kappa shape index (κ1) is 18.4. The summed E-state index contributed by atoms with van der Waals surface area (Å²) in [6, 6.07) is 4.39. The van der Waals surface area contributed by atoms with Gasteiger partial charge in [0.05, 0.1) is 11.6 Å². The lowest BCUT2D eigenvalue weighted by Crippen LogP contribution is -2.40. The number of carbonyl (C=O) groups is 2. The van der Waals surface area contributed by atoms with Crippen LogP contribution in [0.25, 0.3) is 11.0 Å². The number of aliphatic carboxylic acids is 1. The van der Waals surface area contributed by atoms with E-state index in [-0.39, 0.29) is 30.0 Å². The summed E-state index contributed by atoms with van der Waals surface area (Å²) < 4.78 is 18.5. The van der Waals surface area contributed by atoms with Gasteiger partial charge in [0, 0.05) is 36.9 Å². The molecule has 1 N–H and O–H groups in total. The van der Waals surface area contributed by atoms with Gasteiger partial charge in [-0.25, -0.2) is 4.39 Å². The van der Waals surface area contributed by atoms with Crippen LogP contribution in [0.2, 0.25) is 0 Å². The number of nitrogens with zero attached hydrogens (tertiary/aromatic N) is 2. The second-order valence-corrected chi connectivity index (χ2v) is 7.26. The van der Waals surface area contributed by atoms with Gasteiger partial charge in [0.15, 0.2) is 5.58 Å². The molecule has 2 aromatic rings. The number of hydrogen-bond acceptors (Lipinski definition) is 4. The van der Waals surface area contributed by atoms with E-state index in [1.165, 1.54) is 12.1 Å². The molecular formula is C19H23FN2O4. The highest BCUT2D eigenvalue weighted by molar-refractivity contribution is 5.83. The molecule has 6 nitrogen and oxygen atoms in total. The van der Waals surface area contributed by atoms with Gasteiger partial charge < -0.3 is 14.5 Å². The molecule has 1 amide bonds. The van der Waals surface area contributed by atoms with Gasteiger partial charge in [-0.2, -0.15) is 0 Å². The molecule has 2 heterocycles. The number of rotatable bonds is 5. The summed E-state index contributed by atoms with van der Waals surface area (Å²) in [7, 11) is 0. The van der Waals surface area contributed by atoms with E-state index in [0.717, 1.165) is 23.9 Å². The molecule has 7 heteroatoms. The molecule has 140 valence electrons. The van der Waals surface area contributed by atoms with Crippen LogP contribution in [0.5, 0.6) is 0 Å². The third-order valence-electron chi connectivity index (χ3n) is 5.21. The Morgan fingerprint density at radius 2 is 2.04 bits per heavy atom. The Labute approximate surface area is 150 Å². The zero-order chi connectivity index (χ0) is 18.8. The molecule has 1 saturated heterocycles. The van der Waals surface area contributed by atoms with Crippen molar-refractivity contribution in [2.45, 2.75) is 39.0 Å². The third-order valence-corrected chi connectivity index (χ3v) is 5.21. The van der Waals surface area contributed by atoms with Crippen LogP contribution in [-0.4, -0.2) is 40.1 Å². The highest BCUT2D eigenvalue weighted by atomic mass is 19.1. The minimum Gasteiger partial charge on any atom is -0.481 e. The van der Waals surface area contributed by atoms with Crippen molar-refractivity contribution in [3.63, 3.8) is 0 Å². The number of piperidine rings is 1. The molecule has 1 aliphatic rings. The van der Waals surface area contributed by atoms with Crippen molar-refractivity contribution in [3.8, 4) is 0 Å². The number of benzene rings is 1.